The zero-order valence-corrected chi connectivity index (χ0v) is 17.9. The van der Waals surface area contributed by atoms with E-state index in [1.165, 1.54) is 23.3 Å². The van der Waals surface area contributed by atoms with E-state index in [0.717, 1.165) is 4.88 Å². The zero-order valence-electron chi connectivity index (χ0n) is 17.1. The maximum Gasteiger partial charge on any atom is 0.244 e. The molecule has 3 aromatic rings. The van der Waals surface area contributed by atoms with Crippen LogP contribution in [0, 0.1) is 0 Å². The minimum Gasteiger partial charge on any atom is -0.493 e. The number of amides is 2. The lowest BCUT2D eigenvalue weighted by molar-refractivity contribution is -0.120. The van der Waals surface area contributed by atoms with E-state index in [9.17, 15) is 9.59 Å². The van der Waals surface area contributed by atoms with Crippen LogP contribution >= 0.6 is 11.3 Å². The molecule has 2 aromatic carbocycles. The number of benzene rings is 2. The zero-order chi connectivity index (χ0) is 21.8. The molecule has 1 aromatic heterocycles. The number of nitrogens with zero attached hydrogens (tertiary/aromatic N) is 2. The normalized spacial score (nSPS) is 13.2. The van der Waals surface area contributed by atoms with E-state index in [2.05, 4.69) is 5.32 Å². The first kappa shape index (κ1) is 20.6. The van der Waals surface area contributed by atoms with Crippen LogP contribution in [0.1, 0.15) is 11.3 Å². The summed E-state index contributed by atoms with van der Waals surface area (Å²) in [5.41, 5.74) is 2.53. The largest absolute Gasteiger partial charge is 0.493 e. The molecule has 1 aliphatic rings. The molecule has 1 N–H and O–H groups in total. The van der Waals surface area contributed by atoms with Crippen molar-refractivity contribution in [2.24, 2.45) is 4.99 Å². The first-order valence-corrected chi connectivity index (χ1v) is 10.5. The number of para-hydroxylation sites is 2. The summed E-state index contributed by atoms with van der Waals surface area (Å²) in [4.78, 5) is 33.0. The Morgan fingerprint density at radius 3 is 2.65 bits per heavy atom. The molecule has 0 saturated carbocycles. The van der Waals surface area contributed by atoms with Crippen LogP contribution in [0.25, 0.3) is 0 Å². The molecule has 0 radical (unpaired) electrons. The standard InChI is InChI=1S/C23H21N3O4S/c1-29-19-10-9-15(12-20(19)30-2)24-22(27)14-26-18-7-4-3-6-16(18)25-17(13-23(26)28)21-8-5-11-31-21/h3-12H,13-14H2,1-2H3,(H,24,27). The molecule has 0 atom stereocenters. The quantitative estimate of drug-likeness (QED) is 0.627. The smallest absolute Gasteiger partial charge is 0.244 e. The lowest BCUT2D eigenvalue weighted by atomic mass is 10.2. The molecule has 158 valence electrons. The van der Waals surface area contributed by atoms with E-state index in [1.54, 1.807) is 31.4 Å². The van der Waals surface area contributed by atoms with Crippen molar-refractivity contribution in [2.45, 2.75) is 6.42 Å². The van der Waals surface area contributed by atoms with Gasteiger partial charge in [-0.25, -0.2) is 4.99 Å². The van der Waals surface area contributed by atoms with Gasteiger partial charge >= 0.3 is 0 Å². The van der Waals surface area contributed by atoms with Crippen LogP contribution in [-0.4, -0.2) is 38.3 Å². The number of nitrogens with one attached hydrogen (secondary N) is 1. The minimum atomic E-state index is -0.324. The van der Waals surface area contributed by atoms with Crippen molar-refractivity contribution in [3.63, 3.8) is 0 Å². The molecule has 0 unspecified atom stereocenters. The van der Waals surface area contributed by atoms with E-state index in [4.69, 9.17) is 14.5 Å². The predicted octanol–water partition coefficient (Wildman–Crippen LogP) is 4.26. The van der Waals surface area contributed by atoms with Crippen molar-refractivity contribution >= 4 is 45.9 Å². The third-order valence-electron chi connectivity index (χ3n) is 4.82. The Kier molecular flexibility index (Phi) is 5.99. The van der Waals surface area contributed by atoms with Gasteiger partial charge in [-0.2, -0.15) is 0 Å². The van der Waals surface area contributed by atoms with Gasteiger partial charge in [0.2, 0.25) is 11.8 Å². The van der Waals surface area contributed by atoms with Crippen molar-refractivity contribution in [1.29, 1.82) is 0 Å². The van der Waals surface area contributed by atoms with Crippen molar-refractivity contribution in [3.8, 4) is 11.5 Å². The van der Waals surface area contributed by atoms with Gasteiger partial charge < -0.3 is 19.7 Å². The molecule has 1 aliphatic heterocycles. The number of aliphatic imine (C=N–C) groups is 1. The second kappa shape index (κ2) is 9.01. The Labute approximate surface area is 183 Å². The monoisotopic (exact) mass is 435 g/mol. The van der Waals surface area contributed by atoms with Crippen molar-refractivity contribution in [1.82, 2.24) is 0 Å². The number of anilines is 2. The molecule has 4 rings (SSSR count). The second-order valence-electron chi connectivity index (χ2n) is 6.80. The highest BCUT2D eigenvalue weighted by molar-refractivity contribution is 7.12. The van der Waals surface area contributed by atoms with E-state index in [-0.39, 0.29) is 24.8 Å². The van der Waals surface area contributed by atoms with Crippen LogP contribution in [0.15, 0.2) is 65.0 Å². The van der Waals surface area contributed by atoms with Gasteiger partial charge in [0.15, 0.2) is 11.5 Å². The van der Waals surface area contributed by atoms with Crippen LogP contribution in [-0.2, 0) is 9.59 Å². The number of methoxy groups -OCH3 is 2. The highest BCUT2D eigenvalue weighted by atomic mass is 32.1. The Morgan fingerprint density at radius 2 is 1.90 bits per heavy atom. The number of carbonyl (C=O) groups is 2. The number of carbonyl (C=O) groups excluding carboxylic acids is 2. The molecular weight excluding hydrogens is 414 g/mol. The van der Waals surface area contributed by atoms with Gasteiger partial charge in [0.05, 0.1) is 37.7 Å². The minimum absolute atomic E-state index is 0.124. The maximum atomic E-state index is 13.1. The third kappa shape index (κ3) is 4.44. The molecule has 0 aliphatic carbocycles. The molecule has 2 heterocycles. The van der Waals surface area contributed by atoms with Crippen molar-refractivity contribution in [2.75, 3.05) is 31.0 Å². The van der Waals surface area contributed by atoms with Crippen molar-refractivity contribution < 1.29 is 19.1 Å². The average Bonchev–Trinajstić information content (AvgIpc) is 3.28. The van der Waals surface area contributed by atoms with Gasteiger partial charge in [-0.05, 0) is 35.7 Å². The van der Waals surface area contributed by atoms with Gasteiger partial charge in [0.25, 0.3) is 0 Å². The number of fused-ring (bicyclic) bond motifs is 1. The molecule has 7 nitrogen and oxygen atoms in total. The number of ether oxygens (including phenoxy) is 2. The lowest BCUT2D eigenvalue weighted by Gasteiger charge is -2.22. The molecule has 0 spiro atoms. The Balaban J connectivity index is 1.56. The van der Waals surface area contributed by atoms with Crippen LogP contribution in [0.5, 0.6) is 11.5 Å². The first-order valence-electron chi connectivity index (χ1n) is 9.61. The number of hydrogen-bond donors (Lipinski definition) is 1. The summed E-state index contributed by atoms with van der Waals surface area (Å²) in [7, 11) is 3.08. The summed E-state index contributed by atoms with van der Waals surface area (Å²) >= 11 is 1.54. The summed E-state index contributed by atoms with van der Waals surface area (Å²) in [6.07, 6.45) is 0.124. The lowest BCUT2D eigenvalue weighted by Crippen LogP contribution is -2.38. The first-order chi connectivity index (χ1) is 15.1. The molecule has 8 heteroatoms. The molecule has 0 bridgehead atoms. The van der Waals surface area contributed by atoms with E-state index in [1.807, 2.05) is 35.7 Å². The fourth-order valence-corrected chi connectivity index (χ4v) is 4.08. The molecule has 31 heavy (non-hydrogen) atoms. The average molecular weight is 436 g/mol. The van der Waals surface area contributed by atoms with Crippen LogP contribution in [0.4, 0.5) is 17.1 Å². The number of thiophene rings is 1. The maximum absolute atomic E-state index is 13.1. The van der Waals surface area contributed by atoms with Crippen LogP contribution in [0.2, 0.25) is 0 Å². The Morgan fingerprint density at radius 1 is 1.10 bits per heavy atom. The molecule has 0 saturated heterocycles. The predicted molar refractivity (Wildman–Crippen MR) is 122 cm³/mol. The summed E-state index contributed by atoms with van der Waals surface area (Å²) < 4.78 is 10.5. The molecule has 2 amide bonds. The summed E-state index contributed by atoms with van der Waals surface area (Å²) in [5.74, 6) is 0.565. The highest BCUT2D eigenvalue weighted by Gasteiger charge is 2.27. The highest BCUT2D eigenvalue weighted by Crippen LogP contribution is 2.34. The van der Waals surface area contributed by atoms with E-state index in [0.29, 0.717) is 34.3 Å². The van der Waals surface area contributed by atoms with E-state index >= 15 is 0 Å². The number of rotatable bonds is 6. The Bertz CT molecular complexity index is 1140. The van der Waals surface area contributed by atoms with Gasteiger partial charge in [-0.3, -0.25) is 9.59 Å². The van der Waals surface area contributed by atoms with Gasteiger partial charge in [0, 0.05) is 16.6 Å². The van der Waals surface area contributed by atoms with Crippen LogP contribution < -0.4 is 19.7 Å². The van der Waals surface area contributed by atoms with Crippen LogP contribution in [0.3, 0.4) is 0 Å². The Hall–Kier alpha value is -3.65. The van der Waals surface area contributed by atoms with E-state index < -0.39 is 0 Å². The van der Waals surface area contributed by atoms with Crippen molar-refractivity contribution in [3.05, 3.63) is 64.9 Å². The molecule has 0 fully saturated rings. The van der Waals surface area contributed by atoms with Gasteiger partial charge in [-0.15, -0.1) is 11.3 Å². The summed E-state index contributed by atoms with van der Waals surface area (Å²) in [6, 6.07) is 16.3. The third-order valence-corrected chi connectivity index (χ3v) is 5.74. The van der Waals surface area contributed by atoms with Gasteiger partial charge in [0.1, 0.15) is 6.54 Å². The second-order valence-corrected chi connectivity index (χ2v) is 7.75. The topological polar surface area (TPSA) is 80.2 Å². The fourth-order valence-electron chi connectivity index (χ4n) is 3.36. The number of hydrogen-bond acceptors (Lipinski definition) is 6. The summed E-state index contributed by atoms with van der Waals surface area (Å²) in [6.45, 7) is -0.128. The fraction of sp³-hybridized carbons (Fsp3) is 0.174. The van der Waals surface area contributed by atoms with Gasteiger partial charge in [-0.1, -0.05) is 18.2 Å². The summed E-state index contributed by atoms with van der Waals surface area (Å²) in [5, 5.41) is 4.77. The molecular formula is C23H21N3O4S. The SMILES string of the molecule is COc1ccc(NC(=O)CN2C(=O)CC(c3cccs3)=Nc3ccccc32)cc1OC.